The number of H-pyrrole nitrogens is 1. The van der Waals surface area contributed by atoms with Crippen LogP contribution in [0.15, 0.2) is 11.1 Å². The van der Waals surface area contributed by atoms with Crippen molar-refractivity contribution in [1.29, 1.82) is 0 Å². The van der Waals surface area contributed by atoms with Crippen molar-refractivity contribution in [2.75, 3.05) is 6.26 Å². The minimum absolute atomic E-state index is 0.902. The summed E-state index contributed by atoms with van der Waals surface area (Å²) in [6, 6.07) is 1.96. The second-order valence-electron chi connectivity index (χ2n) is 1.57. The third kappa shape index (κ3) is 1.42. The topological polar surface area (TPSA) is 28.7 Å². The SMILES string of the molecule is [CH2-][CH+]c1cc(SC)[nH]n1. The Balaban J connectivity index is 2.74. The van der Waals surface area contributed by atoms with Gasteiger partial charge >= 0.3 is 0 Å². The van der Waals surface area contributed by atoms with Crippen LogP contribution in [0.2, 0.25) is 0 Å². The molecule has 48 valence electrons. The maximum absolute atomic E-state index is 3.94. The maximum Gasteiger partial charge on any atom is 0.207 e. The van der Waals surface area contributed by atoms with Crippen molar-refractivity contribution in [2.24, 2.45) is 0 Å². The number of nitrogens with one attached hydrogen (secondary N) is 1. The first kappa shape index (κ1) is 6.55. The van der Waals surface area contributed by atoms with Crippen molar-refractivity contribution in [3.8, 4) is 0 Å². The van der Waals surface area contributed by atoms with Gasteiger partial charge < -0.3 is 0 Å². The standard InChI is InChI=1S/C6H8N2S/c1-3-5-4-6(9-2)8-7-5/h3-4H,1H2,2H3,(H,7,8). The van der Waals surface area contributed by atoms with E-state index >= 15 is 0 Å². The van der Waals surface area contributed by atoms with Crippen LogP contribution in [0.3, 0.4) is 0 Å². The Morgan fingerprint density at radius 3 is 3.00 bits per heavy atom. The number of hydrogen-bond donors (Lipinski definition) is 1. The smallest absolute Gasteiger partial charge is 0.207 e. The van der Waals surface area contributed by atoms with E-state index in [2.05, 4.69) is 17.1 Å². The van der Waals surface area contributed by atoms with Crippen molar-refractivity contribution >= 4 is 11.8 Å². The number of aromatic nitrogens is 2. The molecule has 0 aliphatic heterocycles. The van der Waals surface area contributed by atoms with Crippen molar-refractivity contribution in [3.05, 3.63) is 25.1 Å². The second kappa shape index (κ2) is 2.82. The van der Waals surface area contributed by atoms with Crippen LogP contribution in [0.25, 0.3) is 0 Å². The van der Waals surface area contributed by atoms with Gasteiger partial charge in [0.25, 0.3) is 0 Å². The molecule has 0 bridgehead atoms. The van der Waals surface area contributed by atoms with Gasteiger partial charge in [0.1, 0.15) is 6.07 Å². The van der Waals surface area contributed by atoms with Crippen molar-refractivity contribution in [2.45, 2.75) is 5.03 Å². The van der Waals surface area contributed by atoms with Gasteiger partial charge in [0.2, 0.25) is 5.69 Å². The van der Waals surface area contributed by atoms with Crippen molar-refractivity contribution in [3.63, 3.8) is 0 Å². The summed E-state index contributed by atoms with van der Waals surface area (Å²) in [4.78, 5) is 0. The highest BCUT2D eigenvalue weighted by Gasteiger charge is 2.01. The molecule has 1 aromatic heterocycles. The van der Waals surface area contributed by atoms with Gasteiger partial charge in [-0.15, -0.1) is 5.10 Å². The molecular formula is C6H8N2S. The summed E-state index contributed by atoms with van der Waals surface area (Å²) < 4.78 is 0. The Labute approximate surface area is 59.0 Å². The van der Waals surface area contributed by atoms with Gasteiger partial charge in [0.15, 0.2) is 5.03 Å². The minimum Gasteiger partial charge on any atom is -0.250 e. The lowest BCUT2D eigenvalue weighted by Crippen LogP contribution is -1.73. The molecule has 1 rings (SSSR count). The van der Waals surface area contributed by atoms with Crippen LogP contribution in [0.1, 0.15) is 5.69 Å². The zero-order chi connectivity index (χ0) is 6.69. The molecule has 1 aromatic rings. The van der Waals surface area contributed by atoms with Gasteiger partial charge in [0, 0.05) is 0 Å². The summed E-state index contributed by atoms with van der Waals surface area (Å²) in [5.74, 6) is 0. The molecule has 0 aromatic carbocycles. The van der Waals surface area contributed by atoms with E-state index in [1.807, 2.05) is 12.3 Å². The van der Waals surface area contributed by atoms with Crippen LogP contribution in [0.4, 0.5) is 0 Å². The average molecular weight is 140 g/mol. The quantitative estimate of drug-likeness (QED) is 0.498. The fraction of sp³-hybridized carbons (Fsp3) is 0.167. The number of rotatable bonds is 2. The highest BCUT2D eigenvalue weighted by atomic mass is 32.2. The van der Waals surface area contributed by atoms with Gasteiger partial charge in [-0.05, 0) is 6.26 Å². The predicted molar refractivity (Wildman–Crippen MR) is 39.1 cm³/mol. The van der Waals surface area contributed by atoms with Gasteiger partial charge in [-0.1, -0.05) is 18.2 Å². The summed E-state index contributed by atoms with van der Waals surface area (Å²) in [6.07, 6.45) is 3.72. The lowest BCUT2D eigenvalue weighted by atomic mass is 10.3. The van der Waals surface area contributed by atoms with Gasteiger partial charge in [0.05, 0.1) is 0 Å². The number of aromatic amines is 1. The zero-order valence-electron chi connectivity index (χ0n) is 5.22. The summed E-state index contributed by atoms with van der Waals surface area (Å²) in [7, 11) is 0. The Hall–Kier alpha value is -0.570. The second-order valence-corrected chi connectivity index (χ2v) is 2.41. The molecule has 0 saturated heterocycles. The highest BCUT2D eigenvalue weighted by molar-refractivity contribution is 7.98. The van der Waals surface area contributed by atoms with E-state index < -0.39 is 0 Å². The van der Waals surface area contributed by atoms with Crippen LogP contribution in [0.5, 0.6) is 0 Å². The van der Waals surface area contributed by atoms with Gasteiger partial charge in [-0.2, -0.15) is 0 Å². The Kier molecular flexibility index (Phi) is 2.05. The molecule has 9 heavy (non-hydrogen) atoms. The Morgan fingerprint density at radius 1 is 1.89 bits per heavy atom. The van der Waals surface area contributed by atoms with Crippen LogP contribution in [0, 0.1) is 13.3 Å². The molecule has 0 radical (unpaired) electrons. The molecule has 0 saturated carbocycles. The predicted octanol–water partition coefficient (Wildman–Crippen LogP) is 1.52. The largest absolute Gasteiger partial charge is 0.250 e. The van der Waals surface area contributed by atoms with Crippen LogP contribution in [-0.4, -0.2) is 16.5 Å². The molecule has 2 nitrogen and oxygen atoms in total. The first-order valence-electron chi connectivity index (χ1n) is 2.58. The first-order valence-corrected chi connectivity index (χ1v) is 3.81. The Morgan fingerprint density at radius 2 is 2.67 bits per heavy atom. The molecule has 0 aliphatic rings. The molecule has 0 spiro atoms. The third-order valence-corrected chi connectivity index (χ3v) is 1.65. The monoisotopic (exact) mass is 140 g/mol. The fourth-order valence-corrected chi connectivity index (χ4v) is 0.903. The maximum atomic E-state index is 3.94. The normalized spacial score (nSPS) is 9.56. The Bertz CT molecular complexity index is 164. The summed E-state index contributed by atoms with van der Waals surface area (Å²) in [5.41, 5.74) is 0.902. The molecule has 1 N–H and O–H groups in total. The summed E-state index contributed by atoms with van der Waals surface area (Å²) in [5, 5.41) is 7.86. The molecule has 3 heteroatoms. The van der Waals surface area contributed by atoms with Gasteiger partial charge in [-0.25, -0.2) is 6.92 Å². The highest BCUT2D eigenvalue weighted by Crippen LogP contribution is 2.11. The van der Waals surface area contributed by atoms with E-state index in [1.54, 1.807) is 18.2 Å². The lowest BCUT2D eigenvalue weighted by Gasteiger charge is -1.75. The van der Waals surface area contributed by atoms with Crippen LogP contribution in [-0.2, 0) is 0 Å². The van der Waals surface area contributed by atoms with Crippen molar-refractivity contribution < 1.29 is 0 Å². The molecule has 0 atom stereocenters. The van der Waals surface area contributed by atoms with E-state index in [0.717, 1.165) is 10.7 Å². The zero-order valence-corrected chi connectivity index (χ0v) is 6.03. The van der Waals surface area contributed by atoms with E-state index in [4.69, 9.17) is 0 Å². The molecule has 1 heterocycles. The van der Waals surface area contributed by atoms with E-state index in [-0.39, 0.29) is 0 Å². The fourth-order valence-electron chi connectivity index (χ4n) is 0.528. The molecule has 0 aliphatic carbocycles. The average Bonchev–Trinajstić information content (AvgIpc) is 2.34. The molecular weight excluding hydrogens is 132 g/mol. The lowest BCUT2D eigenvalue weighted by molar-refractivity contribution is 0.990. The molecule has 0 amide bonds. The summed E-state index contributed by atoms with van der Waals surface area (Å²) >= 11 is 1.64. The summed E-state index contributed by atoms with van der Waals surface area (Å²) in [6.45, 7) is 3.59. The van der Waals surface area contributed by atoms with Crippen LogP contribution >= 0.6 is 11.8 Å². The number of thioether (sulfide) groups is 1. The van der Waals surface area contributed by atoms with E-state index in [1.165, 1.54) is 0 Å². The first-order chi connectivity index (χ1) is 4.36. The number of hydrogen-bond acceptors (Lipinski definition) is 2. The minimum atomic E-state index is 0.902. The molecule has 0 fully saturated rings. The third-order valence-electron chi connectivity index (χ3n) is 1.00. The van der Waals surface area contributed by atoms with Gasteiger partial charge in [-0.3, -0.25) is 5.10 Å². The van der Waals surface area contributed by atoms with Crippen LogP contribution < -0.4 is 0 Å². The van der Waals surface area contributed by atoms with E-state index in [0.29, 0.717) is 0 Å². The van der Waals surface area contributed by atoms with Crippen molar-refractivity contribution in [1.82, 2.24) is 10.2 Å². The molecule has 0 unspecified atom stereocenters. The van der Waals surface area contributed by atoms with E-state index in [9.17, 15) is 0 Å². The number of nitrogens with zero attached hydrogens (tertiary/aromatic N) is 1.